The number of esters is 2. The number of halogens is 1. The van der Waals surface area contributed by atoms with Gasteiger partial charge in [-0.05, 0) is 43.9 Å². The van der Waals surface area contributed by atoms with Gasteiger partial charge in [0.25, 0.3) is 11.8 Å². The van der Waals surface area contributed by atoms with Crippen LogP contribution in [0.1, 0.15) is 55.4 Å². The highest BCUT2D eigenvalue weighted by Gasteiger charge is 2.32. The Hall–Kier alpha value is -4.55. The molecule has 3 unspecified atom stereocenters. The lowest BCUT2D eigenvalue weighted by molar-refractivity contribution is -0.158. The first kappa shape index (κ1) is 32.7. The van der Waals surface area contributed by atoms with Crippen molar-refractivity contribution in [3.63, 3.8) is 0 Å². The highest BCUT2D eigenvalue weighted by Crippen LogP contribution is 2.14. The van der Waals surface area contributed by atoms with E-state index < -0.39 is 59.6 Å². The SMILES string of the molecule is CCOC(=O)C=CC(CCC(N)=O)NC(=O)C(Cc1ccc(F)cc1)OC(=O)C(NC(=O)c1cc(C)on1)C(C)C. The minimum absolute atomic E-state index is 0.0350. The van der Waals surface area contributed by atoms with Crippen LogP contribution in [-0.4, -0.2) is 59.6 Å². The lowest BCUT2D eigenvalue weighted by Crippen LogP contribution is -2.49. The molecule has 0 saturated heterocycles. The summed E-state index contributed by atoms with van der Waals surface area (Å²) in [5, 5.41) is 8.83. The van der Waals surface area contributed by atoms with E-state index in [1.807, 2.05) is 0 Å². The van der Waals surface area contributed by atoms with Gasteiger partial charge in [0.15, 0.2) is 11.8 Å². The molecule has 2 aromatic rings. The van der Waals surface area contributed by atoms with E-state index in [1.54, 1.807) is 27.7 Å². The molecule has 13 heteroatoms. The molecule has 3 amide bonds. The molecule has 41 heavy (non-hydrogen) atoms. The van der Waals surface area contributed by atoms with Crippen LogP contribution in [0.5, 0.6) is 0 Å². The van der Waals surface area contributed by atoms with E-state index >= 15 is 0 Å². The van der Waals surface area contributed by atoms with Crippen LogP contribution < -0.4 is 16.4 Å². The third kappa shape index (κ3) is 11.2. The largest absolute Gasteiger partial charge is 0.463 e. The van der Waals surface area contributed by atoms with E-state index in [-0.39, 0.29) is 31.6 Å². The highest BCUT2D eigenvalue weighted by atomic mass is 19.1. The third-order valence-electron chi connectivity index (χ3n) is 5.73. The Bertz CT molecular complexity index is 1240. The monoisotopic (exact) mass is 574 g/mol. The molecule has 3 atom stereocenters. The zero-order valence-electron chi connectivity index (χ0n) is 23.3. The van der Waals surface area contributed by atoms with Crippen LogP contribution >= 0.6 is 0 Å². The number of hydrogen-bond acceptors (Lipinski definition) is 9. The molecule has 4 N–H and O–H groups in total. The number of primary amides is 1. The number of rotatable bonds is 15. The quantitative estimate of drug-likeness (QED) is 0.211. The van der Waals surface area contributed by atoms with E-state index in [9.17, 15) is 28.4 Å². The zero-order valence-corrected chi connectivity index (χ0v) is 23.3. The number of carbonyl (C=O) groups excluding carboxylic acids is 5. The van der Waals surface area contributed by atoms with Crippen molar-refractivity contribution >= 4 is 29.7 Å². The second kappa shape index (κ2) is 15.9. The number of benzene rings is 1. The fraction of sp³-hybridized carbons (Fsp3) is 0.429. The van der Waals surface area contributed by atoms with Crippen molar-refractivity contribution in [3.05, 3.63) is 65.3 Å². The van der Waals surface area contributed by atoms with Gasteiger partial charge in [0.2, 0.25) is 5.91 Å². The average Bonchev–Trinajstić information content (AvgIpc) is 3.35. The summed E-state index contributed by atoms with van der Waals surface area (Å²) in [5.74, 6) is -4.14. The van der Waals surface area contributed by atoms with Crippen LogP contribution in [0.2, 0.25) is 0 Å². The Morgan fingerprint density at radius 3 is 2.37 bits per heavy atom. The molecule has 1 aromatic carbocycles. The summed E-state index contributed by atoms with van der Waals surface area (Å²) in [6.07, 6.45) is 0.828. The number of nitrogens with one attached hydrogen (secondary N) is 2. The Labute approximate surface area is 236 Å². The van der Waals surface area contributed by atoms with Crippen LogP contribution in [0.3, 0.4) is 0 Å². The van der Waals surface area contributed by atoms with Gasteiger partial charge in [-0.3, -0.25) is 14.4 Å². The van der Waals surface area contributed by atoms with Crippen molar-refractivity contribution in [2.24, 2.45) is 11.7 Å². The molecule has 0 spiro atoms. The number of aromatic nitrogens is 1. The molecule has 0 aliphatic rings. The van der Waals surface area contributed by atoms with Gasteiger partial charge in [-0.25, -0.2) is 14.0 Å². The normalized spacial score (nSPS) is 13.3. The molecule has 0 aliphatic heterocycles. The number of nitrogens with two attached hydrogens (primary N) is 1. The minimum Gasteiger partial charge on any atom is -0.463 e. The average molecular weight is 575 g/mol. The Morgan fingerprint density at radius 2 is 1.80 bits per heavy atom. The number of nitrogens with zero attached hydrogens (tertiary/aromatic N) is 1. The molecule has 0 saturated carbocycles. The van der Waals surface area contributed by atoms with Crippen LogP contribution in [-0.2, 0) is 35.1 Å². The summed E-state index contributed by atoms with van der Waals surface area (Å²) >= 11 is 0. The molecule has 0 aliphatic carbocycles. The lowest BCUT2D eigenvalue weighted by atomic mass is 10.0. The summed E-state index contributed by atoms with van der Waals surface area (Å²) in [6.45, 7) is 6.73. The van der Waals surface area contributed by atoms with E-state index in [2.05, 4.69) is 15.8 Å². The van der Waals surface area contributed by atoms with Crippen molar-refractivity contribution in [1.82, 2.24) is 15.8 Å². The van der Waals surface area contributed by atoms with E-state index in [4.69, 9.17) is 19.7 Å². The predicted molar refractivity (Wildman–Crippen MR) is 143 cm³/mol. The van der Waals surface area contributed by atoms with E-state index in [1.165, 1.54) is 36.4 Å². The van der Waals surface area contributed by atoms with Gasteiger partial charge in [-0.15, -0.1) is 0 Å². The van der Waals surface area contributed by atoms with Gasteiger partial charge in [0.05, 0.1) is 6.61 Å². The molecule has 1 heterocycles. The first-order valence-corrected chi connectivity index (χ1v) is 13.0. The molecule has 0 radical (unpaired) electrons. The van der Waals surface area contributed by atoms with Crippen LogP contribution in [0.15, 0.2) is 47.0 Å². The summed E-state index contributed by atoms with van der Waals surface area (Å²) in [6, 6.07) is 4.66. The third-order valence-corrected chi connectivity index (χ3v) is 5.73. The molecule has 0 bridgehead atoms. The maximum absolute atomic E-state index is 13.5. The van der Waals surface area contributed by atoms with Gasteiger partial charge in [-0.2, -0.15) is 0 Å². The molecule has 1 aromatic heterocycles. The molecule has 2 rings (SSSR count). The van der Waals surface area contributed by atoms with E-state index in [0.717, 1.165) is 6.08 Å². The molecule has 0 fully saturated rings. The molecular weight excluding hydrogens is 539 g/mol. The Balaban J connectivity index is 2.28. The molecule has 222 valence electrons. The summed E-state index contributed by atoms with van der Waals surface area (Å²) in [5.41, 5.74) is 5.70. The van der Waals surface area contributed by atoms with Crippen molar-refractivity contribution in [3.8, 4) is 0 Å². The highest BCUT2D eigenvalue weighted by molar-refractivity contribution is 5.95. The number of ether oxygens (including phenoxy) is 2. The summed E-state index contributed by atoms with van der Waals surface area (Å²) in [7, 11) is 0. The van der Waals surface area contributed by atoms with E-state index in [0.29, 0.717) is 11.3 Å². The number of amides is 3. The Kier molecular flexibility index (Phi) is 12.7. The lowest BCUT2D eigenvalue weighted by Gasteiger charge is -2.25. The number of carbonyl (C=O) groups is 5. The van der Waals surface area contributed by atoms with Crippen molar-refractivity contribution in [1.29, 1.82) is 0 Å². The van der Waals surface area contributed by atoms with Gasteiger partial charge in [-0.1, -0.05) is 37.2 Å². The number of aryl methyl sites for hydroxylation is 1. The fourth-order valence-electron chi connectivity index (χ4n) is 3.60. The zero-order chi connectivity index (χ0) is 30.5. The maximum Gasteiger partial charge on any atom is 0.330 e. The second-order valence-electron chi connectivity index (χ2n) is 9.51. The van der Waals surface area contributed by atoms with Gasteiger partial charge < -0.3 is 30.4 Å². The minimum atomic E-state index is -1.42. The second-order valence-corrected chi connectivity index (χ2v) is 9.51. The van der Waals surface area contributed by atoms with Gasteiger partial charge in [0.1, 0.15) is 17.6 Å². The Morgan fingerprint density at radius 1 is 1.12 bits per heavy atom. The predicted octanol–water partition coefficient (Wildman–Crippen LogP) is 1.90. The fourth-order valence-corrected chi connectivity index (χ4v) is 3.60. The topological polar surface area (TPSA) is 180 Å². The number of hydrogen-bond donors (Lipinski definition) is 3. The van der Waals surface area contributed by atoms with Crippen molar-refractivity contribution in [2.45, 2.75) is 65.1 Å². The standard InChI is InChI=1S/C28H35FN4O8/c1-5-39-24(35)13-11-20(10-12-23(30)34)31-27(37)22(15-18-6-8-19(29)9-7-18)40-28(38)25(16(2)3)32-26(36)21-14-17(4)41-33-21/h6-9,11,13-14,16,20,22,25H,5,10,12,15H2,1-4H3,(H2,30,34)(H,31,37)(H,32,36). The first-order valence-electron chi connectivity index (χ1n) is 13.0. The van der Waals surface area contributed by atoms with Crippen molar-refractivity contribution in [2.75, 3.05) is 6.61 Å². The van der Waals surface area contributed by atoms with Crippen molar-refractivity contribution < 1.29 is 42.4 Å². The molecule has 12 nitrogen and oxygen atoms in total. The maximum atomic E-state index is 13.5. The van der Waals surface area contributed by atoms with Gasteiger partial charge >= 0.3 is 11.9 Å². The van der Waals surface area contributed by atoms with Crippen LogP contribution in [0.4, 0.5) is 4.39 Å². The summed E-state index contributed by atoms with van der Waals surface area (Å²) < 4.78 is 28.8. The molecular formula is C28H35FN4O8. The first-order chi connectivity index (χ1) is 19.4. The van der Waals surface area contributed by atoms with Crippen LogP contribution in [0.25, 0.3) is 0 Å². The van der Waals surface area contributed by atoms with Crippen LogP contribution in [0, 0.1) is 18.7 Å². The van der Waals surface area contributed by atoms with Gasteiger partial charge in [0, 0.05) is 31.0 Å². The summed E-state index contributed by atoms with van der Waals surface area (Å²) in [4.78, 5) is 62.4. The smallest absolute Gasteiger partial charge is 0.330 e.